The molecular formula is C10H18N4S. The maximum atomic E-state index is 4.57. The van der Waals surface area contributed by atoms with Crippen LogP contribution in [0.4, 0.5) is 5.13 Å². The molecule has 1 aliphatic heterocycles. The summed E-state index contributed by atoms with van der Waals surface area (Å²) < 4.78 is 4.38. The zero-order valence-electron chi connectivity index (χ0n) is 9.53. The van der Waals surface area contributed by atoms with Crippen LogP contribution in [0.2, 0.25) is 0 Å². The Hall–Kier alpha value is -0.680. The summed E-state index contributed by atoms with van der Waals surface area (Å²) in [4.78, 5) is 6.90. The van der Waals surface area contributed by atoms with E-state index in [0.29, 0.717) is 12.0 Å². The minimum Gasteiger partial charge on any atom is -0.344 e. The molecule has 0 radical (unpaired) electrons. The smallest absolute Gasteiger partial charge is 0.205 e. The van der Waals surface area contributed by atoms with Gasteiger partial charge in [0.25, 0.3) is 0 Å². The van der Waals surface area contributed by atoms with E-state index in [1.807, 2.05) is 0 Å². The molecule has 0 saturated carbocycles. The van der Waals surface area contributed by atoms with Crippen molar-refractivity contribution in [2.75, 3.05) is 24.5 Å². The topological polar surface area (TPSA) is 41.1 Å². The maximum Gasteiger partial charge on any atom is 0.205 e. The Morgan fingerprint density at radius 3 is 2.93 bits per heavy atom. The van der Waals surface area contributed by atoms with Crippen LogP contribution in [0.5, 0.6) is 0 Å². The fourth-order valence-electron chi connectivity index (χ4n) is 1.70. The summed E-state index contributed by atoms with van der Waals surface area (Å²) in [6.07, 6.45) is 0. The van der Waals surface area contributed by atoms with Crippen molar-refractivity contribution >= 4 is 16.7 Å². The third-order valence-electron chi connectivity index (χ3n) is 2.59. The Balaban J connectivity index is 2.08. The number of hydrogen-bond acceptors (Lipinski definition) is 5. The van der Waals surface area contributed by atoms with Crippen LogP contribution in [0.1, 0.15) is 32.5 Å². The SMILES string of the molecule is CC1CN(c2nc(C(C)C)ns2)CCN1. The van der Waals surface area contributed by atoms with E-state index in [-0.39, 0.29) is 0 Å². The summed E-state index contributed by atoms with van der Waals surface area (Å²) in [7, 11) is 0. The number of rotatable bonds is 2. The number of anilines is 1. The van der Waals surface area contributed by atoms with E-state index >= 15 is 0 Å². The minimum absolute atomic E-state index is 0.426. The van der Waals surface area contributed by atoms with Crippen LogP contribution < -0.4 is 10.2 Å². The average molecular weight is 226 g/mol. The third-order valence-corrected chi connectivity index (χ3v) is 3.38. The molecule has 1 aromatic rings. The van der Waals surface area contributed by atoms with Gasteiger partial charge in [-0.15, -0.1) is 0 Å². The van der Waals surface area contributed by atoms with E-state index in [1.165, 1.54) is 11.5 Å². The zero-order chi connectivity index (χ0) is 10.8. The first-order chi connectivity index (χ1) is 7.16. The quantitative estimate of drug-likeness (QED) is 0.829. The molecule has 1 atom stereocenters. The van der Waals surface area contributed by atoms with E-state index in [9.17, 15) is 0 Å². The molecule has 1 fully saturated rings. The molecule has 2 rings (SSSR count). The van der Waals surface area contributed by atoms with Gasteiger partial charge >= 0.3 is 0 Å². The Bertz CT molecular complexity index is 323. The number of nitrogens with zero attached hydrogens (tertiary/aromatic N) is 3. The van der Waals surface area contributed by atoms with Gasteiger partial charge in [0, 0.05) is 43.1 Å². The van der Waals surface area contributed by atoms with Crippen LogP contribution in [0.15, 0.2) is 0 Å². The number of nitrogens with one attached hydrogen (secondary N) is 1. The molecule has 1 saturated heterocycles. The van der Waals surface area contributed by atoms with Gasteiger partial charge in [-0.05, 0) is 6.92 Å². The molecule has 4 nitrogen and oxygen atoms in total. The standard InChI is InChI=1S/C10H18N4S/c1-7(2)9-12-10(15-13-9)14-5-4-11-8(3)6-14/h7-8,11H,4-6H2,1-3H3. The number of aromatic nitrogens is 2. The number of piperazine rings is 1. The Labute approximate surface area is 94.9 Å². The Morgan fingerprint density at radius 2 is 2.33 bits per heavy atom. The summed E-state index contributed by atoms with van der Waals surface area (Å²) in [5.74, 6) is 1.40. The van der Waals surface area contributed by atoms with Gasteiger partial charge in [-0.3, -0.25) is 0 Å². The lowest BCUT2D eigenvalue weighted by atomic mass is 10.2. The van der Waals surface area contributed by atoms with Crippen molar-refractivity contribution in [2.24, 2.45) is 0 Å². The van der Waals surface area contributed by atoms with Crippen LogP contribution in [0.25, 0.3) is 0 Å². The molecule has 1 unspecified atom stereocenters. The molecule has 1 aromatic heterocycles. The monoisotopic (exact) mass is 226 g/mol. The first kappa shape index (κ1) is 10.8. The fraction of sp³-hybridized carbons (Fsp3) is 0.800. The van der Waals surface area contributed by atoms with Crippen molar-refractivity contribution in [3.05, 3.63) is 5.82 Å². The largest absolute Gasteiger partial charge is 0.344 e. The fourth-order valence-corrected chi connectivity index (χ4v) is 2.54. The summed E-state index contributed by atoms with van der Waals surface area (Å²) in [5, 5.41) is 4.50. The average Bonchev–Trinajstić information content (AvgIpc) is 2.66. The van der Waals surface area contributed by atoms with Crippen LogP contribution in [0, 0.1) is 0 Å². The summed E-state index contributed by atoms with van der Waals surface area (Å²) in [6.45, 7) is 9.58. The highest BCUT2D eigenvalue weighted by Crippen LogP contribution is 2.22. The van der Waals surface area contributed by atoms with E-state index < -0.39 is 0 Å². The lowest BCUT2D eigenvalue weighted by molar-refractivity contribution is 0.484. The van der Waals surface area contributed by atoms with Crippen LogP contribution in [-0.4, -0.2) is 35.0 Å². The van der Waals surface area contributed by atoms with Crippen molar-refractivity contribution in [2.45, 2.75) is 32.7 Å². The summed E-state index contributed by atoms with van der Waals surface area (Å²) >= 11 is 1.52. The van der Waals surface area contributed by atoms with Crippen LogP contribution in [0.3, 0.4) is 0 Å². The molecule has 0 aromatic carbocycles. The van der Waals surface area contributed by atoms with E-state index in [2.05, 4.69) is 40.3 Å². The first-order valence-corrected chi connectivity index (χ1v) is 6.26. The Morgan fingerprint density at radius 1 is 1.53 bits per heavy atom. The molecule has 2 heterocycles. The second-order valence-corrected chi connectivity index (χ2v) is 5.12. The van der Waals surface area contributed by atoms with E-state index in [1.54, 1.807) is 0 Å². The molecular weight excluding hydrogens is 208 g/mol. The molecule has 0 amide bonds. The van der Waals surface area contributed by atoms with Crippen molar-refractivity contribution in [3.63, 3.8) is 0 Å². The molecule has 5 heteroatoms. The van der Waals surface area contributed by atoms with Crippen LogP contribution in [-0.2, 0) is 0 Å². The molecule has 0 aliphatic carbocycles. The molecule has 84 valence electrons. The maximum absolute atomic E-state index is 4.57. The second kappa shape index (κ2) is 4.45. The molecule has 1 aliphatic rings. The van der Waals surface area contributed by atoms with Gasteiger partial charge in [0.2, 0.25) is 5.13 Å². The number of hydrogen-bond donors (Lipinski definition) is 1. The van der Waals surface area contributed by atoms with Gasteiger partial charge < -0.3 is 10.2 Å². The minimum atomic E-state index is 0.426. The van der Waals surface area contributed by atoms with Crippen molar-refractivity contribution in [1.82, 2.24) is 14.7 Å². The second-order valence-electron chi connectivity index (χ2n) is 4.39. The predicted molar refractivity (Wildman–Crippen MR) is 63.7 cm³/mol. The lowest BCUT2D eigenvalue weighted by Crippen LogP contribution is -2.49. The summed E-state index contributed by atoms with van der Waals surface area (Å²) in [6, 6.07) is 0.546. The highest BCUT2D eigenvalue weighted by atomic mass is 32.1. The summed E-state index contributed by atoms with van der Waals surface area (Å²) in [5.41, 5.74) is 0. The van der Waals surface area contributed by atoms with Gasteiger partial charge in [-0.25, -0.2) is 4.98 Å². The van der Waals surface area contributed by atoms with Crippen molar-refractivity contribution < 1.29 is 0 Å². The highest BCUT2D eigenvalue weighted by molar-refractivity contribution is 7.09. The van der Waals surface area contributed by atoms with Gasteiger partial charge in [0.15, 0.2) is 0 Å². The first-order valence-electron chi connectivity index (χ1n) is 5.48. The predicted octanol–water partition coefficient (Wildman–Crippen LogP) is 1.46. The highest BCUT2D eigenvalue weighted by Gasteiger charge is 2.19. The van der Waals surface area contributed by atoms with E-state index in [4.69, 9.17) is 0 Å². The van der Waals surface area contributed by atoms with Crippen LogP contribution >= 0.6 is 11.5 Å². The van der Waals surface area contributed by atoms with Crippen molar-refractivity contribution in [3.8, 4) is 0 Å². The third kappa shape index (κ3) is 2.46. The van der Waals surface area contributed by atoms with Gasteiger partial charge in [0.05, 0.1) is 0 Å². The van der Waals surface area contributed by atoms with Gasteiger partial charge in [0.1, 0.15) is 5.82 Å². The van der Waals surface area contributed by atoms with Gasteiger partial charge in [-0.1, -0.05) is 13.8 Å². The van der Waals surface area contributed by atoms with Crippen molar-refractivity contribution in [1.29, 1.82) is 0 Å². The molecule has 0 bridgehead atoms. The van der Waals surface area contributed by atoms with Gasteiger partial charge in [-0.2, -0.15) is 4.37 Å². The molecule has 1 N–H and O–H groups in total. The van der Waals surface area contributed by atoms with E-state index in [0.717, 1.165) is 30.6 Å². The normalized spacial score (nSPS) is 22.4. The Kier molecular flexibility index (Phi) is 3.21. The molecule has 15 heavy (non-hydrogen) atoms. The molecule has 0 spiro atoms. The lowest BCUT2D eigenvalue weighted by Gasteiger charge is -2.31. The zero-order valence-corrected chi connectivity index (χ0v) is 10.3.